The van der Waals surface area contributed by atoms with Crippen molar-refractivity contribution in [2.75, 3.05) is 6.61 Å². The van der Waals surface area contributed by atoms with Crippen LogP contribution in [0.1, 0.15) is 35.3 Å². The van der Waals surface area contributed by atoms with Crippen LogP contribution in [0.3, 0.4) is 0 Å². The number of amides is 1. The third kappa shape index (κ3) is 5.26. The summed E-state index contributed by atoms with van der Waals surface area (Å²) in [4.78, 5) is 12.6. The van der Waals surface area contributed by atoms with Gasteiger partial charge >= 0.3 is 0 Å². The number of nitrogens with one attached hydrogen (secondary N) is 1. The minimum Gasteiger partial charge on any atom is -0.411 e. The average Bonchev–Trinajstić information content (AvgIpc) is 2.73. The number of nitrogens with zero attached hydrogens (tertiary/aromatic N) is 2. The molecular formula is C19H20F2N4O4. The first kappa shape index (κ1) is 21.8. The summed E-state index contributed by atoms with van der Waals surface area (Å²) in [5.41, 5.74) is 5.87. The van der Waals surface area contributed by atoms with Crippen LogP contribution in [0.15, 0.2) is 46.7 Å². The van der Waals surface area contributed by atoms with Crippen LogP contribution in [0.4, 0.5) is 8.78 Å². The van der Waals surface area contributed by atoms with Gasteiger partial charge in [0, 0.05) is 24.3 Å². The van der Waals surface area contributed by atoms with Gasteiger partial charge in [-0.05, 0) is 24.6 Å². The molecule has 0 spiro atoms. The van der Waals surface area contributed by atoms with Crippen LogP contribution in [0.25, 0.3) is 0 Å². The second-order valence-electron chi connectivity index (χ2n) is 5.84. The summed E-state index contributed by atoms with van der Waals surface area (Å²) in [6, 6.07) is 8.51. The Kier molecular flexibility index (Phi) is 7.61. The Hall–Kier alpha value is -3.53. The number of hydrogen-bond acceptors (Lipinski definition) is 6. The zero-order chi connectivity index (χ0) is 21.4. The Balaban J connectivity index is 2.21. The van der Waals surface area contributed by atoms with Gasteiger partial charge in [-0.1, -0.05) is 34.6 Å². The van der Waals surface area contributed by atoms with Gasteiger partial charge in [-0.2, -0.15) is 0 Å². The van der Waals surface area contributed by atoms with Crippen molar-refractivity contribution >= 4 is 18.0 Å². The molecule has 0 saturated carbocycles. The smallest absolute Gasteiger partial charge is 0.254 e. The second kappa shape index (κ2) is 10.1. The van der Waals surface area contributed by atoms with Crippen molar-refractivity contribution in [1.29, 1.82) is 0 Å². The van der Waals surface area contributed by atoms with E-state index in [0.29, 0.717) is 11.1 Å². The SMILES string of the molecule is CCO[C@H](C(=O)NCc1ccc(C(N)=NO)cc1)c1c(F)ccc(C=NO)c1F. The number of ether oxygens (including phenoxy) is 1. The molecule has 0 aliphatic heterocycles. The van der Waals surface area contributed by atoms with E-state index in [1.54, 1.807) is 31.2 Å². The molecule has 29 heavy (non-hydrogen) atoms. The molecule has 0 unspecified atom stereocenters. The highest BCUT2D eigenvalue weighted by molar-refractivity contribution is 5.97. The Bertz CT molecular complexity index is 917. The number of hydrogen-bond donors (Lipinski definition) is 4. The average molecular weight is 406 g/mol. The molecule has 2 aromatic carbocycles. The number of carbonyl (C=O) groups is 1. The summed E-state index contributed by atoms with van der Waals surface area (Å²) < 4.78 is 34.2. The molecule has 1 atom stereocenters. The van der Waals surface area contributed by atoms with Gasteiger partial charge in [0.05, 0.1) is 11.8 Å². The van der Waals surface area contributed by atoms with Gasteiger partial charge in [0.15, 0.2) is 11.9 Å². The van der Waals surface area contributed by atoms with Crippen molar-refractivity contribution in [2.24, 2.45) is 16.0 Å². The third-order valence-corrected chi connectivity index (χ3v) is 4.01. The fourth-order valence-electron chi connectivity index (χ4n) is 2.58. The number of carbonyl (C=O) groups excluding carboxylic acids is 1. The first-order valence-corrected chi connectivity index (χ1v) is 8.54. The van der Waals surface area contributed by atoms with Crippen LogP contribution in [-0.4, -0.2) is 35.0 Å². The quantitative estimate of drug-likeness (QED) is 0.231. The monoisotopic (exact) mass is 406 g/mol. The summed E-state index contributed by atoms with van der Waals surface area (Å²) in [6.45, 7) is 1.67. The highest BCUT2D eigenvalue weighted by atomic mass is 19.1. The number of oxime groups is 2. The van der Waals surface area contributed by atoms with Crippen LogP contribution in [0, 0.1) is 11.6 Å². The highest BCUT2D eigenvalue weighted by Crippen LogP contribution is 2.26. The van der Waals surface area contributed by atoms with E-state index < -0.39 is 29.2 Å². The summed E-state index contributed by atoms with van der Waals surface area (Å²) in [5.74, 6) is -2.83. The van der Waals surface area contributed by atoms with Gasteiger partial charge in [0.25, 0.3) is 5.91 Å². The zero-order valence-corrected chi connectivity index (χ0v) is 15.5. The van der Waals surface area contributed by atoms with Gasteiger partial charge in [0.2, 0.25) is 0 Å². The number of nitrogens with two attached hydrogens (primary N) is 1. The number of amidine groups is 1. The fourth-order valence-corrected chi connectivity index (χ4v) is 2.58. The molecule has 0 aromatic heterocycles. The second-order valence-corrected chi connectivity index (χ2v) is 5.84. The number of benzene rings is 2. The lowest BCUT2D eigenvalue weighted by Gasteiger charge is -2.19. The highest BCUT2D eigenvalue weighted by Gasteiger charge is 2.29. The van der Waals surface area contributed by atoms with Crippen LogP contribution >= 0.6 is 0 Å². The maximum Gasteiger partial charge on any atom is 0.254 e. The standard InChI is InChI=1S/C19H20F2N4O4/c1-2-29-17(15-14(20)8-7-13(10-24-27)16(15)21)19(26)23-9-11-3-5-12(6-4-11)18(22)25-28/h3-8,10,17,27-28H,2,9H2,1H3,(H2,22,25)(H,23,26)/t17-/m0/s1. The van der Waals surface area contributed by atoms with E-state index in [9.17, 15) is 13.6 Å². The lowest BCUT2D eigenvalue weighted by Crippen LogP contribution is -2.32. The maximum absolute atomic E-state index is 14.6. The van der Waals surface area contributed by atoms with Gasteiger partial charge in [0.1, 0.15) is 11.6 Å². The first-order chi connectivity index (χ1) is 13.9. The van der Waals surface area contributed by atoms with Crippen LogP contribution in [0.2, 0.25) is 0 Å². The van der Waals surface area contributed by atoms with Crippen LogP contribution in [0.5, 0.6) is 0 Å². The molecular weight excluding hydrogens is 386 g/mol. The topological polar surface area (TPSA) is 130 Å². The van der Waals surface area contributed by atoms with E-state index in [1.807, 2.05) is 0 Å². The summed E-state index contributed by atoms with van der Waals surface area (Å²) in [6.07, 6.45) is -0.745. The summed E-state index contributed by atoms with van der Waals surface area (Å²) in [7, 11) is 0. The Morgan fingerprint density at radius 3 is 2.52 bits per heavy atom. The minimum absolute atomic E-state index is 0.0315. The molecule has 0 radical (unpaired) electrons. The molecule has 10 heteroatoms. The zero-order valence-electron chi connectivity index (χ0n) is 15.5. The predicted octanol–water partition coefficient (Wildman–Crippen LogP) is 2.26. The number of halogens is 2. The molecule has 0 aliphatic rings. The summed E-state index contributed by atoms with van der Waals surface area (Å²) in [5, 5.41) is 25.4. The van der Waals surface area contributed by atoms with E-state index in [2.05, 4.69) is 15.6 Å². The van der Waals surface area contributed by atoms with E-state index in [4.69, 9.17) is 20.9 Å². The van der Waals surface area contributed by atoms with Crippen LogP contribution in [-0.2, 0) is 16.1 Å². The van der Waals surface area contributed by atoms with Gasteiger partial charge < -0.3 is 26.2 Å². The van der Waals surface area contributed by atoms with E-state index in [-0.39, 0.29) is 24.6 Å². The van der Waals surface area contributed by atoms with E-state index in [0.717, 1.165) is 18.3 Å². The van der Waals surface area contributed by atoms with E-state index >= 15 is 0 Å². The Morgan fingerprint density at radius 2 is 1.93 bits per heavy atom. The summed E-state index contributed by atoms with van der Waals surface area (Å²) >= 11 is 0. The third-order valence-electron chi connectivity index (χ3n) is 4.01. The number of rotatable bonds is 8. The van der Waals surface area contributed by atoms with Crippen molar-refractivity contribution in [3.63, 3.8) is 0 Å². The Morgan fingerprint density at radius 1 is 1.24 bits per heavy atom. The fraction of sp³-hybridized carbons (Fsp3) is 0.211. The van der Waals surface area contributed by atoms with Crippen molar-refractivity contribution in [1.82, 2.24) is 5.32 Å². The van der Waals surface area contributed by atoms with Gasteiger partial charge in [-0.25, -0.2) is 8.78 Å². The van der Waals surface area contributed by atoms with Crippen molar-refractivity contribution in [3.05, 3.63) is 70.3 Å². The molecule has 2 aromatic rings. The molecule has 0 bridgehead atoms. The molecule has 0 saturated heterocycles. The molecule has 5 N–H and O–H groups in total. The molecule has 154 valence electrons. The minimum atomic E-state index is -1.54. The lowest BCUT2D eigenvalue weighted by molar-refractivity contribution is -0.133. The molecule has 1 amide bonds. The lowest BCUT2D eigenvalue weighted by atomic mass is 10.0. The molecule has 8 nitrogen and oxygen atoms in total. The van der Waals surface area contributed by atoms with Gasteiger partial charge in [-0.3, -0.25) is 4.79 Å². The maximum atomic E-state index is 14.6. The molecule has 2 rings (SSSR count). The first-order valence-electron chi connectivity index (χ1n) is 8.54. The van der Waals surface area contributed by atoms with Crippen molar-refractivity contribution < 1.29 is 28.7 Å². The van der Waals surface area contributed by atoms with Gasteiger partial charge in [-0.15, -0.1) is 0 Å². The van der Waals surface area contributed by atoms with Crippen LogP contribution < -0.4 is 11.1 Å². The molecule has 0 fully saturated rings. The molecule has 0 aliphatic carbocycles. The molecule has 0 heterocycles. The van der Waals surface area contributed by atoms with E-state index in [1.165, 1.54) is 0 Å². The Labute approximate surface area is 165 Å². The predicted molar refractivity (Wildman–Crippen MR) is 101 cm³/mol. The van der Waals surface area contributed by atoms with Crippen molar-refractivity contribution in [3.8, 4) is 0 Å². The largest absolute Gasteiger partial charge is 0.411 e. The van der Waals surface area contributed by atoms with Crippen molar-refractivity contribution in [2.45, 2.75) is 19.6 Å². The normalized spacial score (nSPS) is 12.9.